The van der Waals surface area contributed by atoms with Crippen molar-refractivity contribution in [1.82, 2.24) is 10.6 Å². The second-order valence-corrected chi connectivity index (χ2v) is 6.41. The summed E-state index contributed by atoms with van der Waals surface area (Å²) in [6.45, 7) is 1.09. The minimum atomic E-state index is -0.765. The fourth-order valence-electron chi connectivity index (χ4n) is 2.11. The molecule has 0 unspecified atom stereocenters. The van der Waals surface area contributed by atoms with E-state index >= 15 is 0 Å². The van der Waals surface area contributed by atoms with Crippen molar-refractivity contribution in [2.24, 2.45) is 0 Å². The van der Waals surface area contributed by atoms with Gasteiger partial charge in [-0.15, -0.1) is 11.3 Å². The lowest BCUT2D eigenvalue weighted by Crippen LogP contribution is -2.29. The minimum Gasteiger partial charge on any atom is -0.491 e. The Morgan fingerprint density at radius 1 is 1.08 bits per heavy atom. The number of hydrogen-bond acceptors (Lipinski definition) is 4. The van der Waals surface area contributed by atoms with E-state index in [0.717, 1.165) is 12.1 Å². The third kappa shape index (κ3) is 6.79. The van der Waals surface area contributed by atoms with Crippen molar-refractivity contribution in [3.63, 3.8) is 0 Å². The Kier molecular flexibility index (Phi) is 8.01. The largest absolute Gasteiger partial charge is 0.491 e. The van der Waals surface area contributed by atoms with Crippen molar-refractivity contribution >= 4 is 23.2 Å². The first kappa shape index (κ1) is 19.8. The van der Waals surface area contributed by atoms with Crippen molar-refractivity contribution in [3.05, 3.63) is 52.2 Å². The Balaban J connectivity index is 1.50. The maximum absolute atomic E-state index is 13.3. The molecule has 1 aromatic carbocycles. The predicted molar refractivity (Wildman–Crippen MR) is 95.4 cm³/mol. The van der Waals surface area contributed by atoms with E-state index in [2.05, 4.69) is 10.6 Å². The highest BCUT2D eigenvalue weighted by molar-refractivity contribution is 7.12. The number of rotatable bonds is 10. The Morgan fingerprint density at radius 3 is 2.62 bits per heavy atom. The first-order chi connectivity index (χ1) is 12.6. The highest BCUT2D eigenvalue weighted by Gasteiger charge is 2.07. The van der Waals surface area contributed by atoms with Gasteiger partial charge in [-0.05, 0) is 36.4 Å². The molecule has 1 aromatic heterocycles. The molecular formula is C18H20F2N2O3S. The van der Waals surface area contributed by atoms with Crippen LogP contribution in [-0.4, -0.2) is 31.5 Å². The van der Waals surface area contributed by atoms with Gasteiger partial charge < -0.3 is 15.4 Å². The van der Waals surface area contributed by atoms with E-state index in [9.17, 15) is 18.4 Å². The Bertz CT molecular complexity index is 723. The Morgan fingerprint density at radius 2 is 1.88 bits per heavy atom. The molecule has 0 aliphatic heterocycles. The summed E-state index contributed by atoms with van der Waals surface area (Å²) in [5.74, 6) is -1.72. The lowest BCUT2D eigenvalue weighted by molar-refractivity contribution is -0.121. The fraction of sp³-hybridized carbons (Fsp3) is 0.333. The Hall–Kier alpha value is -2.48. The molecule has 140 valence electrons. The molecule has 26 heavy (non-hydrogen) atoms. The molecule has 2 N–H and O–H groups in total. The highest BCUT2D eigenvalue weighted by Crippen LogP contribution is 2.17. The third-order valence-electron chi connectivity index (χ3n) is 3.41. The molecule has 0 spiro atoms. The quantitative estimate of drug-likeness (QED) is 0.621. The normalized spacial score (nSPS) is 10.4. The van der Waals surface area contributed by atoms with Crippen LogP contribution in [0, 0.1) is 11.6 Å². The Labute approximate surface area is 154 Å². The van der Waals surface area contributed by atoms with Crippen molar-refractivity contribution < 1.29 is 23.1 Å². The second kappa shape index (κ2) is 10.5. The summed E-state index contributed by atoms with van der Waals surface area (Å²) in [5, 5.41) is 7.35. The first-order valence-electron chi connectivity index (χ1n) is 8.22. The van der Waals surface area contributed by atoms with E-state index in [-0.39, 0.29) is 30.6 Å². The zero-order valence-corrected chi connectivity index (χ0v) is 14.9. The zero-order chi connectivity index (χ0) is 18.8. The van der Waals surface area contributed by atoms with Crippen LogP contribution in [-0.2, 0) is 4.79 Å². The van der Waals surface area contributed by atoms with Crippen LogP contribution in [0.15, 0.2) is 35.7 Å². The number of carbonyl (C=O) groups is 2. The van der Waals surface area contributed by atoms with Gasteiger partial charge in [-0.25, -0.2) is 8.78 Å². The average Bonchev–Trinajstić information content (AvgIpc) is 3.14. The summed E-state index contributed by atoms with van der Waals surface area (Å²) < 4.78 is 31.3. The number of hydrogen-bond donors (Lipinski definition) is 2. The maximum atomic E-state index is 13.3. The van der Waals surface area contributed by atoms with Gasteiger partial charge in [0.05, 0.1) is 11.5 Å². The summed E-state index contributed by atoms with van der Waals surface area (Å²) in [6.07, 6.45) is 1.28. The van der Waals surface area contributed by atoms with Crippen molar-refractivity contribution in [1.29, 1.82) is 0 Å². The minimum absolute atomic E-state index is 0.0340. The number of halogens is 2. The number of carbonyl (C=O) groups excluding carboxylic acids is 2. The molecule has 2 amide bonds. The third-order valence-corrected chi connectivity index (χ3v) is 4.27. The number of nitrogens with one attached hydrogen (secondary N) is 2. The summed E-state index contributed by atoms with van der Waals surface area (Å²) in [7, 11) is 0. The van der Waals surface area contributed by atoms with Gasteiger partial charge in [-0.3, -0.25) is 9.59 Å². The van der Waals surface area contributed by atoms with Gasteiger partial charge in [0.1, 0.15) is 5.82 Å². The van der Waals surface area contributed by atoms with Gasteiger partial charge in [-0.2, -0.15) is 0 Å². The van der Waals surface area contributed by atoms with E-state index < -0.39 is 11.6 Å². The average molecular weight is 382 g/mol. The number of amides is 2. The standard InChI is InChI=1S/C18H20F2N2O3S/c19-13-6-7-15(14(20)12-13)25-10-1-5-17(23)21-8-3-9-22-18(24)16-4-2-11-26-16/h2,4,6-7,11-12H,1,3,5,8-10H2,(H,21,23)(H,22,24). The first-order valence-corrected chi connectivity index (χ1v) is 9.10. The number of benzene rings is 1. The van der Waals surface area contributed by atoms with Crippen LogP contribution in [0.25, 0.3) is 0 Å². The van der Waals surface area contributed by atoms with E-state index in [1.165, 1.54) is 17.4 Å². The van der Waals surface area contributed by atoms with Gasteiger partial charge >= 0.3 is 0 Å². The molecule has 0 fully saturated rings. The van der Waals surface area contributed by atoms with Crippen LogP contribution in [0.2, 0.25) is 0 Å². The van der Waals surface area contributed by atoms with Crippen LogP contribution in [0.5, 0.6) is 5.75 Å². The van der Waals surface area contributed by atoms with Gasteiger partial charge in [0.15, 0.2) is 11.6 Å². The molecule has 0 radical (unpaired) electrons. The number of thiophene rings is 1. The van der Waals surface area contributed by atoms with Crippen LogP contribution < -0.4 is 15.4 Å². The molecule has 0 saturated carbocycles. The van der Waals surface area contributed by atoms with Crippen LogP contribution in [0.4, 0.5) is 8.78 Å². The molecule has 2 rings (SSSR count). The summed E-state index contributed by atoms with van der Waals surface area (Å²) in [5.41, 5.74) is 0. The van der Waals surface area contributed by atoms with Gasteiger partial charge in [0, 0.05) is 25.6 Å². The topological polar surface area (TPSA) is 67.4 Å². The lowest BCUT2D eigenvalue weighted by Gasteiger charge is -2.08. The lowest BCUT2D eigenvalue weighted by atomic mass is 10.3. The molecule has 5 nitrogen and oxygen atoms in total. The molecule has 0 bridgehead atoms. The molecule has 2 aromatic rings. The number of ether oxygens (including phenoxy) is 1. The van der Waals surface area contributed by atoms with Crippen LogP contribution in [0.1, 0.15) is 28.9 Å². The van der Waals surface area contributed by atoms with Crippen molar-refractivity contribution in [2.75, 3.05) is 19.7 Å². The molecule has 0 atom stereocenters. The molecule has 0 aliphatic carbocycles. The van der Waals surface area contributed by atoms with Gasteiger partial charge in [0.2, 0.25) is 5.91 Å². The summed E-state index contributed by atoms with van der Waals surface area (Å²) in [6, 6.07) is 6.65. The van der Waals surface area contributed by atoms with E-state index in [4.69, 9.17) is 4.74 Å². The van der Waals surface area contributed by atoms with Gasteiger partial charge in [-0.1, -0.05) is 6.07 Å². The van der Waals surface area contributed by atoms with Crippen molar-refractivity contribution in [3.8, 4) is 5.75 Å². The highest BCUT2D eigenvalue weighted by atomic mass is 32.1. The monoisotopic (exact) mass is 382 g/mol. The van der Waals surface area contributed by atoms with E-state index in [1.54, 1.807) is 6.07 Å². The molecule has 0 saturated heterocycles. The molecular weight excluding hydrogens is 362 g/mol. The SMILES string of the molecule is O=C(CCCOc1ccc(F)cc1F)NCCCNC(=O)c1cccs1. The van der Waals surface area contributed by atoms with Crippen LogP contribution in [0.3, 0.4) is 0 Å². The summed E-state index contributed by atoms with van der Waals surface area (Å²) in [4.78, 5) is 24.0. The predicted octanol–water partition coefficient (Wildman–Crippen LogP) is 3.12. The summed E-state index contributed by atoms with van der Waals surface area (Å²) >= 11 is 1.38. The van der Waals surface area contributed by atoms with Gasteiger partial charge in [0.25, 0.3) is 5.91 Å². The maximum Gasteiger partial charge on any atom is 0.261 e. The van der Waals surface area contributed by atoms with Crippen LogP contribution >= 0.6 is 11.3 Å². The van der Waals surface area contributed by atoms with E-state index in [0.29, 0.717) is 30.8 Å². The fourth-order valence-corrected chi connectivity index (χ4v) is 2.75. The molecule has 0 aliphatic rings. The van der Waals surface area contributed by atoms with E-state index in [1.807, 2.05) is 11.4 Å². The molecule has 8 heteroatoms. The van der Waals surface area contributed by atoms with Crippen molar-refractivity contribution in [2.45, 2.75) is 19.3 Å². The zero-order valence-electron chi connectivity index (χ0n) is 14.1. The molecule has 1 heterocycles. The second-order valence-electron chi connectivity index (χ2n) is 5.46. The smallest absolute Gasteiger partial charge is 0.261 e.